The molecule has 5 nitrogen and oxygen atoms in total. The van der Waals surface area contributed by atoms with E-state index in [2.05, 4.69) is 41.1 Å². The highest BCUT2D eigenvalue weighted by molar-refractivity contribution is 5.49. The van der Waals surface area contributed by atoms with Crippen molar-refractivity contribution in [1.29, 1.82) is 0 Å². The van der Waals surface area contributed by atoms with E-state index in [9.17, 15) is 0 Å². The first-order valence-electron chi connectivity index (χ1n) is 7.80. The summed E-state index contributed by atoms with van der Waals surface area (Å²) >= 11 is 0. The van der Waals surface area contributed by atoms with Crippen LogP contribution in [-0.4, -0.2) is 54.5 Å². The van der Waals surface area contributed by atoms with Crippen molar-refractivity contribution in [2.75, 3.05) is 44.7 Å². The highest BCUT2D eigenvalue weighted by Crippen LogP contribution is 2.22. The van der Waals surface area contributed by atoms with E-state index in [4.69, 9.17) is 0 Å². The average Bonchev–Trinajstić information content (AvgIpc) is 3.02. The second-order valence-corrected chi connectivity index (χ2v) is 5.76. The molecule has 114 valence electrons. The summed E-state index contributed by atoms with van der Waals surface area (Å²) in [6.45, 7) is 10.9. The molecule has 2 rings (SSSR count). The molecule has 0 saturated carbocycles. The second kappa shape index (κ2) is 7.09. The van der Waals surface area contributed by atoms with Crippen molar-refractivity contribution >= 4 is 5.82 Å². The zero-order valence-corrected chi connectivity index (χ0v) is 13.4. The Morgan fingerprint density at radius 3 is 2.65 bits per heavy atom. The second-order valence-electron chi connectivity index (χ2n) is 5.76. The number of nitrogens with zero attached hydrogens (tertiary/aromatic N) is 4. The van der Waals surface area contributed by atoms with Crippen LogP contribution in [0.3, 0.4) is 0 Å². The van der Waals surface area contributed by atoms with Crippen LogP contribution in [0.5, 0.6) is 0 Å². The third-order valence-corrected chi connectivity index (χ3v) is 4.18. The Morgan fingerprint density at radius 1 is 1.30 bits per heavy atom. The molecule has 1 aliphatic rings. The SMILES string of the molecule is CCNCc1c(C)nn(C)c1N(C)CCN1CCCC1. The Kier molecular flexibility index (Phi) is 5.43. The first-order chi connectivity index (χ1) is 9.63. The van der Waals surface area contributed by atoms with Crippen LogP contribution in [-0.2, 0) is 13.6 Å². The monoisotopic (exact) mass is 279 g/mol. The van der Waals surface area contributed by atoms with Crippen LogP contribution < -0.4 is 10.2 Å². The molecule has 0 aliphatic carbocycles. The van der Waals surface area contributed by atoms with Gasteiger partial charge >= 0.3 is 0 Å². The molecule has 1 aromatic rings. The van der Waals surface area contributed by atoms with Gasteiger partial charge in [-0.3, -0.25) is 4.68 Å². The Labute approximate surface area is 122 Å². The molecule has 1 aromatic heterocycles. The van der Waals surface area contributed by atoms with E-state index >= 15 is 0 Å². The largest absolute Gasteiger partial charge is 0.358 e. The van der Waals surface area contributed by atoms with Gasteiger partial charge in [-0.1, -0.05) is 6.92 Å². The molecule has 1 fully saturated rings. The van der Waals surface area contributed by atoms with Crippen LogP contribution in [0, 0.1) is 6.92 Å². The quantitative estimate of drug-likeness (QED) is 0.818. The fraction of sp³-hybridized carbons (Fsp3) is 0.800. The van der Waals surface area contributed by atoms with E-state index in [1.54, 1.807) is 0 Å². The van der Waals surface area contributed by atoms with Crippen LogP contribution in [0.1, 0.15) is 31.0 Å². The lowest BCUT2D eigenvalue weighted by Crippen LogP contribution is -2.33. The van der Waals surface area contributed by atoms with E-state index < -0.39 is 0 Å². The molecule has 20 heavy (non-hydrogen) atoms. The van der Waals surface area contributed by atoms with Gasteiger partial charge in [-0.05, 0) is 39.4 Å². The molecule has 0 spiro atoms. The normalized spacial score (nSPS) is 16.0. The molecule has 0 atom stereocenters. The van der Waals surface area contributed by atoms with Crippen molar-refractivity contribution in [3.05, 3.63) is 11.3 Å². The van der Waals surface area contributed by atoms with E-state index in [0.29, 0.717) is 0 Å². The van der Waals surface area contributed by atoms with Crippen molar-refractivity contribution in [3.8, 4) is 0 Å². The molecule has 0 bridgehead atoms. The number of aromatic nitrogens is 2. The molecule has 5 heteroatoms. The van der Waals surface area contributed by atoms with Gasteiger partial charge in [0.1, 0.15) is 5.82 Å². The van der Waals surface area contributed by atoms with Gasteiger partial charge in [-0.25, -0.2) is 0 Å². The van der Waals surface area contributed by atoms with Crippen LogP contribution in [0.4, 0.5) is 5.82 Å². The third-order valence-electron chi connectivity index (χ3n) is 4.18. The van der Waals surface area contributed by atoms with Crippen molar-refractivity contribution in [2.24, 2.45) is 7.05 Å². The third kappa shape index (κ3) is 3.52. The van der Waals surface area contributed by atoms with Gasteiger partial charge < -0.3 is 15.1 Å². The van der Waals surface area contributed by atoms with Gasteiger partial charge in [0.15, 0.2) is 0 Å². The van der Waals surface area contributed by atoms with E-state index in [1.165, 1.54) is 37.3 Å². The summed E-state index contributed by atoms with van der Waals surface area (Å²) in [5, 5.41) is 8.01. The Balaban J connectivity index is 2.01. The molecule has 0 radical (unpaired) electrons. The summed E-state index contributed by atoms with van der Waals surface area (Å²) in [4.78, 5) is 4.91. The lowest BCUT2D eigenvalue weighted by molar-refractivity contribution is 0.346. The maximum atomic E-state index is 4.59. The van der Waals surface area contributed by atoms with E-state index in [0.717, 1.165) is 31.9 Å². The smallest absolute Gasteiger partial charge is 0.131 e. The number of anilines is 1. The van der Waals surface area contributed by atoms with Crippen molar-refractivity contribution in [1.82, 2.24) is 20.0 Å². The molecule has 0 amide bonds. The summed E-state index contributed by atoms with van der Waals surface area (Å²) in [7, 11) is 4.23. The number of nitrogens with one attached hydrogen (secondary N) is 1. The molecule has 0 aromatic carbocycles. The molecule has 0 unspecified atom stereocenters. The highest BCUT2D eigenvalue weighted by Gasteiger charge is 2.18. The van der Waals surface area contributed by atoms with Crippen LogP contribution in [0.15, 0.2) is 0 Å². The zero-order valence-electron chi connectivity index (χ0n) is 13.4. The topological polar surface area (TPSA) is 36.3 Å². The first kappa shape index (κ1) is 15.3. The van der Waals surface area contributed by atoms with Gasteiger partial charge in [-0.15, -0.1) is 0 Å². The fourth-order valence-corrected chi connectivity index (χ4v) is 3.03. The van der Waals surface area contributed by atoms with Gasteiger partial charge in [0.05, 0.1) is 5.69 Å². The molecule has 1 aliphatic heterocycles. The highest BCUT2D eigenvalue weighted by atomic mass is 15.4. The fourth-order valence-electron chi connectivity index (χ4n) is 3.03. The van der Waals surface area contributed by atoms with Gasteiger partial charge in [0.25, 0.3) is 0 Å². The predicted octanol–water partition coefficient (Wildman–Crippen LogP) is 1.37. The Morgan fingerprint density at radius 2 is 2.00 bits per heavy atom. The van der Waals surface area contributed by atoms with Crippen LogP contribution in [0.25, 0.3) is 0 Å². The first-order valence-corrected chi connectivity index (χ1v) is 7.80. The van der Waals surface area contributed by atoms with Crippen LogP contribution >= 0.6 is 0 Å². The van der Waals surface area contributed by atoms with Crippen molar-refractivity contribution in [2.45, 2.75) is 33.2 Å². The summed E-state index contributed by atoms with van der Waals surface area (Å²) in [6, 6.07) is 0. The number of aryl methyl sites for hydroxylation is 2. The number of hydrogen-bond donors (Lipinski definition) is 1. The summed E-state index contributed by atoms with van der Waals surface area (Å²) in [5.41, 5.74) is 2.47. The maximum absolute atomic E-state index is 4.59. The summed E-state index contributed by atoms with van der Waals surface area (Å²) in [6.07, 6.45) is 2.72. The van der Waals surface area contributed by atoms with Crippen molar-refractivity contribution < 1.29 is 0 Å². The number of likely N-dealkylation sites (N-methyl/N-ethyl adjacent to an activating group) is 1. The number of rotatable bonds is 7. The molecule has 1 N–H and O–H groups in total. The summed E-state index contributed by atoms with van der Waals surface area (Å²) in [5.74, 6) is 1.25. The standard InChI is InChI=1S/C15H29N5/c1-5-16-12-14-13(2)17-19(4)15(14)18(3)10-11-20-8-6-7-9-20/h16H,5-12H2,1-4H3. The average molecular weight is 279 g/mol. The Bertz CT molecular complexity index is 420. The molecular formula is C15H29N5. The Hall–Kier alpha value is -1.07. The van der Waals surface area contributed by atoms with Gasteiger partial charge in [-0.2, -0.15) is 5.10 Å². The summed E-state index contributed by atoms with van der Waals surface area (Å²) < 4.78 is 2.02. The number of hydrogen-bond acceptors (Lipinski definition) is 4. The van der Waals surface area contributed by atoms with Crippen molar-refractivity contribution in [3.63, 3.8) is 0 Å². The lowest BCUT2D eigenvalue weighted by atomic mass is 10.2. The lowest BCUT2D eigenvalue weighted by Gasteiger charge is -2.24. The molecule has 1 saturated heterocycles. The number of likely N-dealkylation sites (tertiary alicyclic amines) is 1. The predicted molar refractivity (Wildman–Crippen MR) is 84.3 cm³/mol. The minimum absolute atomic E-state index is 0.902. The zero-order chi connectivity index (χ0) is 14.5. The van der Waals surface area contributed by atoms with E-state index in [1.807, 2.05) is 11.7 Å². The molecule has 2 heterocycles. The maximum Gasteiger partial charge on any atom is 0.131 e. The van der Waals surface area contributed by atoms with Gasteiger partial charge in [0, 0.05) is 39.3 Å². The minimum atomic E-state index is 0.902. The van der Waals surface area contributed by atoms with Gasteiger partial charge in [0.2, 0.25) is 0 Å². The van der Waals surface area contributed by atoms with E-state index in [-0.39, 0.29) is 0 Å². The van der Waals surface area contributed by atoms with Crippen LogP contribution in [0.2, 0.25) is 0 Å². The molecular weight excluding hydrogens is 250 g/mol. The minimum Gasteiger partial charge on any atom is -0.358 e.